The summed E-state index contributed by atoms with van der Waals surface area (Å²) >= 11 is 0. The Kier molecular flexibility index (Phi) is 6.24. The van der Waals surface area contributed by atoms with Crippen molar-refractivity contribution < 1.29 is 35.9 Å². The first-order chi connectivity index (χ1) is 17.2. The van der Waals surface area contributed by atoms with Crippen molar-refractivity contribution in [2.45, 2.75) is 57.6 Å². The zero-order valence-electron chi connectivity index (χ0n) is 20.5. The van der Waals surface area contributed by atoms with Crippen LogP contribution in [-0.2, 0) is 23.5 Å². The average Bonchev–Trinajstić information content (AvgIpc) is 3.06. The highest BCUT2D eigenvalue weighted by Gasteiger charge is 2.43. The Labute approximate surface area is 211 Å². The Hall–Kier alpha value is -2.75. The minimum absolute atomic E-state index is 0.154. The highest BCUT2D eigenvalue weighted by molar-refractivity contribution is 5.72. The fourth-order valence-electron chi connectivity index (χ4n) is 6.04. The summed E-state index contributed by atoms with van der Waals surface area (Å²) in [6.45, 7) is 6.66. The van der Waals surface area contributed by atoms with Gasteiger partial charge in [-0.3, -0.25) is 4.90 Å². The highest BCUT2D eigenvalue weighted by Crippen LogP contribution is 2.48. The van der Waals surface area contributed by atoms with Crippen LogP contribution in [-0.4, -0.2) is 36.7 Å². The molecular weight excluding hydrogens is 498 g/mol. The first-order valence-corrected chi connectivity index (χ1v) is 12.3. The van der Waals surface area contributed by atoms with E-state index in [1.165, 1.54) is 6.07 Å². The molecule has 3 fully saturated rings. The van der Waals surface area contributed by atoms with Gasteiger partial charge in [-0.1, -0.05) is 38.1 Å². The van der Waals surface area contributed by atoms with Crippen molar-refractivity contribution >= 4 is 6.09 Å². The van der Waals surface area contributed by atoms with Gasteiger partial charge in [0.2, 0.25) is 0 Å². The third kappa shape index (κ3) is 5.04. The molecule has 2 aromatic carbocycles. The molecule has 200 valence electrons. The van der Waals surface area contributed by atoms with E-state index >= 15 is 0 Å². The van der Waals surface area contributed by atoms with Gasteiger partial charge in [-0.05, 0) is 78.1 Å². The number of piperidine rings is 3. The number of benzene rings is 2. The van der Waals surface area contributed by atoms with Crippen molar-refractivity contribution in [2.75, 3.05) is 19.6 Å². The van der Waals surface area contributed by atoms with Crippen molar-refractivity contribution in [1.82, 2.24) is 10.2 Å². The Balaban J connectivity index is 1.40. The first kappa shape index (κ1) is 25.9. The molecule has 1 aliphatic carbocycles. The number of carbonyl (C=O) groups is 1. The minimum atomic E-state index is -4.96. The molecule has 2 aromatic rings. The summed E-state index contributed by atoms with van der Waals surface area (Å²) in [5, 5.41) is 2.97. The van der Waals surface area contributed by atoms with E-state index in [2.05, 4.69) is 10.2 Å². The van der Waals surface area contributed by atoms with Gasteiger partial charge in [-0.2, -0.15) is 26.3 Å². The largest absolute Gasteiger partial charge is 0.445 e. The molecule has 0 aromatic heterocycles. The lowest BCUT2D eigenvalue weighted by molar-refractivity contribution is -0.142. The molecule has 2 atom stereocenters. The van der Waals surface area contributed by atoms with Crippen LogP contribution in [0.2, 0.25) is 0 Å². The van der Waals surface area contributed by atoms with Gasteiger partial charge in [0.15, 0.2) is 0 Å². The number of hydrogen-bond donors (Lipinski definition) is 1. The van der Waals surface area contributed by atoms with Gasteiger partial charge in [-0.25, -0.2) is 4.79 Å². The number of alkyl carbamates (subject to hydrolysis) is 1. The lowest BCUT2D eigenvalue weighted by atomic mass is 9.85. The predicted octanol–water partition coefficient (Wildman–Crippen LogP) is 6.84. The van der Waals surface area contributed by atoms with Gasteiger partial charge in [-0.15, -0.1) is 0 Å². The molecule has 3 aliphatic heterocycles. The fourth-order valence-corrected chi connectivity index (χ4v) is 6.04. The zero-order valence-corrected chi connectivity index (χ0v) is 20.5. The van der Waals surface area contributed by atoms with E-state index < -0.39 is 41.0 Å². The Morgan fingerprint density at radius 2 is 1.70 bits per heavy atom. The number of ether oxygens (including phenoxy) is 1. The Morgan fingerprint density at radius 3 is 2.30 bits per heavy atom. The van der Waals surface area contributed by atoms with Crippen molar-refractivity contribution in [3.8, 4) is 11.1 Å². The standard InChI is InChI=1S/C27H28F6N2O2/c1-25(2)13-17-11-16(19-6-4-18(26(28,29)30)12-21(19)27(31,32)33)3-5-20(17)23(25)34-24(36)37-22-14-35-9-7-15(22)8-10-35/h3-6,11-12,15,22-23H,7-10,13-14H2,1-2H3,(H,34,36). The van der Waals surface area contributed by atoms with Crippen LogP contribution in [0.3, 0.4) is 0 Å². The number of rotatable bonds is 3. The van der Waals surface area contributed by atoms with Crippen LogP contribution >= 0.6 is 0 Å². The van der Waals surface area contributed by atoms with Crippen LogP contribution < -0.4 is 5.32 Å². The molecule has 0 saturated carbocycles. The molecule has 4 nitrogen and oxygen atoms in total. The number of fused-ring (bicyclic) bond motifs is 4. The normalized spacial score (nSPS) is 26.6. The predicted molar refractivity (Wildman–Crippen MR) is 125 cm³/mol. The summed E-state index contributed by atoms with van der Waals surface area (Å²) < 4.78 is 86.2. The summed E-state index contributed by atoms with van der Waals surface area (Å²) in [6, 6.07) is 5.96. The molecule has 3 heterocycles. The number of carbonyl (C=O) groups excluding carboxylic acids is 1. The molecule has 0 radical (unpaired) electrons. The maximum atomic E-state index is 13.7. The summed E-state index contributed by atoms with van der Waals surface area (Å²) in [5.74, 6) is 0.355. The van der Waals surface area contributed by atoms with E-state index in [0.29, 0.717) is 18.4 Å². The summed E-state index contributed by atoms with van der Waals surface area (Å²) in [5.41, 5.74) is -1.77. The molecule has 2 unspecified atom stereocenters. The smallest absolute Gasteiger partial charge is 0.417 e. The van der Waals surface area contributed by atoms with Gasteiger partial charge in [0.05, 0.1) is 17.2 Å². The van der Waals surface area contributed by atoms with E-state index in [9.17, 15) is 31.1 Å². The van der Waals surface area contributed by atoms with Gasteiger partial charge < -0.3 is 10.1 Å². The molecule has 3 saturated heterocycles. The highest BCUT2D eigenvalue weighted by atomic mass is 19.4. The zero-order chi connectivity index (χ0) is 26.8. The monoisotopic (exact) mass is 526 g/mol. The molecular formula is C27H28F6N2O2. The maximum Gasteiger partial charge on any atom is 0.417 e. The lowest BCUT2D eigenvalue weighted by Gasteiger charge is -2.44. The van der Waals surface area contributed by atoms with E-state index in [4.69, 9.17) is 4.74 Å². The number of halogens is 6. The summed E-state index contributed by atoms with van der Waals surface area (Å²) in [4.78, 5) is 15.1. The third-order valence-electron chi connectivity index (χ3n) is 7.96. The molecule has 10 heteroatoms. The van der Waals surface area contributed by atoms with Gasteiger partial charge in [0.25, 0.3) is 0 Å². The van der Waals surface area contributed by atoms with Crippen LogP contribution in [0.5, 0.6) is 0 Å². The number of amides is 1. The maximum absolute atomic E-state index is 13.7. The molecule has 1 N–H and O–H groups in total. The molecule has 4 aliphatic rings. The quantitative estimate of drug-likeness (QED) is 0.446. The first-order valence-electron chi connectivity index (χ1n) is 12.3. The van der Waals surface area contributed by atoms with Crippen LogP contribution in [0.4, 0.5) is 31.1 Å². The minimum Gasteiger partial charge on any atom is -0.445 e. The Morgan fingerprint density at radius 1 is 1.00 bits per heavy atom. The van der Waals surface area contributed by atoms with Crippen molar-refractivity contribution in [1.29, 1.82) is 0 Å². The van der Waals surface area contributed by atoms with Crippen molar-refractivity contribution in [3.63, 3.8) is 0 Å². The van der Waals surface area contributed by atoms with E-state index in [1.54, 1.807) is 12.1 Å². The van der Waals surface area contributed by atoms with Gasteiger partial charge >= 0.3 is 18.4 Å². The molecule has 1 amide bonds. The number of hydrogen-bond acceptors (Lipinski definition) is 3. The Bertz CT molecular complexity index is 1200. The van der Waals surface area contributed by atoms with Crippen LogP contribution in [0.1, 0.15) is 55.0 Å². The summed E-state index contributed by atoms with van der Waals surface area (Å²) in [6.07, 6.45) is -8.04. The van der Waals surface area contributed by atoms with Crippen molar-refractivity contribution in [2.24, 2.45) is 11.3 Å². The second-order valence-electron chi connectivity index (χ2n) is 11.0. The van der Waals surface area contributed by atoms with Gasteiger partial charge in [0.1, 0.15) is 6.10 Å². The third-order valence-corrected chi connectivity index (χ3v) is 7.96. The second-order valence-corrected chi connectivity index (χ2v) is 11.0. The van der Waals surface area contributed by atoms with E-state index in [-0.39, 0.29) is 23.3 Å². The number of alkyl halides is 6. The van der Waals surface area contributed by atoms with Gasteiger partial charge in [0, 0.05) is 6.54 Å². The van der Waals surface area contributed by atoms with Crippen molar-refractivity contribution in [3.05, 3.63) is 58.7 Å². The molecule has 37 heavy (non-hydrogen) atoms. The molecule has 6 rings (SSSR count). The number of nitrogens with zero attached hydrogens (tertiary/aromatic N) is 1. The fraction of sp³-hybridized carbons (Fsp3) is 0.519. The number of nitrogens with one attached hydrogen (secondary N) is 1. The SMILES string of the molecule is CC1(C)Cc2cc(-c3ccc(C(F)(F)F)cc3C(F)(F)F)ccc2C1NC(=O)OC1CN2CCC1CC2. The van der Waals surface area contributed by atoms with E-state index in [0.717, 1.165) is 49.7 Å². The van der Waals surface area contributed by atoms with Crippen LogP contribution in [0, 0.1) is 11.3 Å². The van der Waals surface area contributed by atoms with E-state index in [1.807, 2.05) is 13.8 Å². The second kappa shape index (κ2) is 8.92. The summed E-state index contributed by atoms with van der Waals surface area (Å²) in [7, 11) is 0. The van der Waals surface area contributed by atoms with Crippen LogP contribution in [0.25, 0.3) is 11.1 Å². The van der Waals surface area contributed by atoms with Crippen LogP contribution in [0.15, 0.2) is 36.4 Å². The lowest BCUT2D eigenvalue weighted by Crippen LogP contribution is -2.53. The topological polar surface area (TPSA) is 41.6 Å². The molecule has 2 bridgehead atoms. The average molecular weight is 527 g/mol. The molecule has 0 spiro atoms.